The number of aromatic hydroxyl groups is 2. The van der Waals surface area contributed by atoms with Crippen LogP contribution < -0.4 is 0 Å². The number of phenolic OH excluding ortho intramolecular Hbond substituents is 2. The largest absolute Gasteiger partial charge is 0.507 e. The zero-order valence-corrected chi connectivity index (χ0v) is 10.7. The molecule has 0 unspecified atom stereocenters. The van der Waals surface area contributed by atoms with Gasteiger partial charge in [0.05, 0.1) is 0 Å². The molecular weight excluding hydrogens is 200 g/mol. The van der Waals surface area contributed by atoms with E-state index in [1.807, 2.05) is 27.7 Å². The summed E-state index contributed by atoms with van der Waals surface area (Å²) in [4.78, 5) is 0. The van der Waals surface area contributed by atoms with Crippen LogP contribution >= 0.6 is 0 Å². The van der Waals surface area contributed by atoms with Crippen molar-refractivity contribution in [2.45, 2.75) is 53.4 Å². The molecule has 16 heavy (non-hydrogen) atoms. The molecule has 0 saturated heterocycles. The first kappa shape index (κ1) is 12.9. The predicted molar refractivity (Wildman–Crippen MR) is 67.3 cm³/mol. The van der Waals surface area contributed by atoms with Crippen LogP contribution in [0.2, 0.25) is 0 Å². The van der Waals surface area contributed by atoms with E-state index in [1.54, 1.807) is 0 Å². The zero-order chi connectivity index (χ0) is 12.3. The molecule has 0 saturated carbocycles. The molecule has 0 radical (unpaired) electrons. The Labute approximate surface area is 97.9 Å². The Morgan fingerprint density at radius 2 is 0.750 bits per heavy atom. The maximum absolute atomic E-state index is 10.2. The van der Waals surface area contributed by atoms with Gasteiger partial charge in [0.15, 0.2) is 0 Å². The summed E-state index contributed by atoms with van der Waals surface area (Å²) in [6.07, 6.45) is 3.05. The molecular formula is C14H22O2. The van der Waals surface area contributed by atoms with E-state index in [4.69, 9.17) is 0 Å². The summed E-state index contributed by atoms with van der Waals surface area (Å²) >= 11 is 0. The molecule has 0 heterocycles. The Hall–Kier alpha value is -1.18. The summed E-state index contributed by atoms with van der Waals surface area (Å²) in [5.41, 5.74) is 3.64. The van der Waals surface area contributed by atoms with Gasteiger partial charge in [-0.15, -0.1) is 0 Å². The summed E-state index contributed by atoms with van der Waals surface area (Å²) < 4.78 is 0. The molecule has 90 valence electrons. The van der Waals surface area contributed by atoms with Crippen LogP contribution in [0.25, 0.3) is 0 Å². The quantitative estimate of drug-likeness (QED) is 0.767. The number of rotatable bonds is 4. The minimum Gasteiger partial charge on any atom is -0.507 e. The summed E-state index contributed by atoms with van der Waals surface area (Å²) in [5, 5.41) is 20.5. The van der Waals surface area contributed by atoms with E-state index in [9.17, 15) is 10.2 Å². The first-order chi connectivity index (χ1) is 7.62. The molecule has 0 fully saturated rings. The average Bonchev–Trinajstić information content (AvgIpc) is 2.30. The van der Waals surface area contributed by atoms with Crippen molar-refractivity contribution in [1.29, 1.82) is 0 Å². The van der Waals surface area contributed by atoms with Crippen LogP contribution in [0.1, 0.15) is 49.9 Å². The smallest absolute Gasteiger partial charge is 0.122 e. The van der Waals surface area contributed by atoms with Gasteiger partial charge in [0.2, 0.25) is 0 Å². The van der Waals surface area contributed by atoms with Crippen molar-refractivity contribution in [3.8, 4) is 11.5 Å². The van der Waals surface area contributed by atoms with Crippen LogP contribution in [0.3, 0.4) is 0 Å². The van der Waals surface area contributed by atoms with Gasteiger partial charge < -0.3 is 10.2 Å². The van der Waals surface area contributed by atoms with Crippen molar-refractivity contribution >= 4 is 0 Å². The van der Waals surface area contributed by atoms with Crippen molar-refractivity contribution in [3.05, 3.63) is 22.3 Å². The second-order valence-electron chi connectivity index (χ2n) is 4.03. The van der Waals surface area contributed by atoms with Crippen LogP contribution in [-0.2, 0) is 25.7 Å². The molecule has 1 aromatic carbocycles. The Bertz CT molecular complexity index is 311. The van der Waals surface area contributed by atoms with Gasteiger partial charge in [0.1, 0.15) is 11.5 Å². The molecule has 2 N–H and O–H groups in total. The van der Waals surface area contributed by atoms with Crippen molar-refractivity contribution < 1.29 is 10.2 Å². The number of phenols is 2. The van der Waals surface area contributed by atoms with Gasteiger partial charge in [-0.2, -0.15) is 0 Å². The van der Waals surface area contributed by atoms with Gasteiger partial charge in [-0.25, -0.2) is 0 Å². The molecule has 0 atom stereocenters. The molecule has 0 aromatic heterocycles. The van der Waals surface area contributed by atoms with Crippen molar-refractivity contribution in [1.82, 2.24) is 0 Å². The van der Waals surface area contributed by atoms with Gasteiger partial charge >= 0.3 is 0 Å². The second kappa shape index (κ2) is 5.24. The number of hydrogen-bond donors (Lipinski definition) is 2. The SMILES string of the molecule is CCc1c(O)c(CC)c(CC)c(O)c1CC. The highest BCUT2D eigenvalue weighted by molar-refractivity contribution is 5.58. The van der Waals surface area contributed by atoms with E-state index in [0.717, 1.165) is 47.9 Å². The van der Waals surface area contributed by atoms with Crippen molar-refractivity contribution in [2.24, 2.45) is 0 Å². The fraction of sp³-hybridized carbons (Fsp3) is 0.571. The normalized spacial score (nSPS) is 10.8. The van der Waals surface area contributed by atoms with E-state index in [1.165, 1.54) is 0 Å². The topological polar surface area (TPSA) is 40.5 Å². The molecule has 0 aliphatic carbocycles. The third-order valence-electron chi connectivity index (χ3n) is 3.29. The Morgan fingerprint density at radius 3 is 0.875 bits per heavy atom. The molecule has 2 nitrogen and oxygen atoms in total. The van der Waals surface area contributed by atoms with Crippen molar-refractivity contribution in [2.75, 3.05) is 0 Å². The van der Waals surface area contributed by atoms with Crippen LogP contribution in [0.5, 0.6) is 11.5 Å². The molecule has 0 aliphatic heterocycles. The maximum atomic E-state index is 10.2. The van der Waals surface area contributed by atoms with Gasteiger partial charge in [0, 0.05) is 22.3 Å². The molecule has 1 aromatic rings. The highest BCUT2D eigenvalue weighted by Crippen LogP contribution is 2.38. The minimum atomic E-state index is 0.400. The van der Waals surface area contributed by atoms with Gasteiger partial charge in [-0.1, -0.05) is 27.7 Å². The van der Waals surface area contributed by atoms with E-state index >= 15 is 0 Å². The monoisotopic (exact) mass is 222 g/mol. The summed E-state index contributed by atoms with van der Waals surface area (Å²) in [6.45, 7) is 8.05. The first-order valence-electron chi connectivity index (χ1n) is 6.19. The fourth-order valence-electron chi connectivity index (χ4n) is 2.46. The Kier molecular flexibility index (Phi) is 4.22. The van der Waals surface area contributed by atoms with Crippen molar-refractivity contribution in [3.63, 3.8) is 0 Å². The Balaban J connectivity index is 3.60. The highest BCUT2D eigenvalue weighted by atomic mass is 16.3. The lowest BCUT2D eigenvalue weighted by Gasteiger charge is -2.18. The van der Waals surface area contributed by atoms with Crippen LogP contribution in [-0.4, -0.2) is 10.2 Å². The lowest BCUT2D eigenvalue weighted by atomic mass is 9.90. The third kappa shape index (κ3) is 1.89. The first-order valence-corrected chi connectivity index (χ1v) is 6.19. The zero-order valence-electron chi connectivity index (χ0n) is 10.7. The fourth-order valence-corrected chi connectivity index (χ4v) is 2.46. The van der Waals surface area contributed by atoms with Gasteiger partial charge in [-0.3, -0.25) is 0 Å². The van der Waals surface area contributed by atoms with E-state index < -0.39 is 0 Å². The minimum absolute atomic E-state index is 0.400. The molecule has 2 heteroatoms. The number of hydrogen-bond acceptors (Lipinski definition) is 2. The Morgan fingerprint density at radius 1 is 0.562 bits per heavy atom. The van der Waals surface area contributed by atoms with Crippen LogP contribution in [0, 0.1) is 0 Å². The molecule has 0 bridgehead atoms. The lowest BCUT2D eigenvalue weighted by Crippen LogP contribution is -2.02. The molecule has 0 aliphatic rings. The second-order valence-corrected chi connectivity index (χ2v) is 4.03. The predicted octanol–water partition coefficient (Wildman–Crippen LogP) is 3.35. The van der Waals surface area contributed by atoms with Gasteiger partial charge in [0.25, 0.3) is 0 Å². The third-order valence-corrected chi connectivity index (χ3v) is 3.29. The van der Waals surface area contributed by atoms with Crippen LogP contribution in [0.4, 0.5) is 0 Å². The standard InChI is InChI=1S/C14H22O2/c1-5-9-10(6-2)14(16)12(8-4)11(7-3)13(9)15/h15-16H,5-8H2,1-4H3. The maximum Gasteiger partial charge on any atom is 0.122 e. The lowest BCUT2D eigenvalue weighted by molar-refractivity contribution is 0.438. The summed E-state index contributed by atoms with van der Waals surface area (Å²) in [7, 11) is 0. The van der Waals surface area contributed by atoms with Gasteiger partial charge in [-0.05, 0) is 25.7 Å². The molecule has 0 spiro atoms. The molecule has 1 rings (SSSR count). The van der Waals surface area contributed by atoms with Crippen LogP contribution in [0.15, 0.2) is 0 Å². The number of benzene rings is 1. The van der Waals surface area contributed by atoms with E-state index in [2.05, 4.69) is 0 Å². The van der Waals surface area contributed by atoms with E-state index in [-0.39, 0.29) is 0 Å². The summed E-state index contributed by atoms with van der Waals surface area (Å²) in [6, 6.07) is 0. The molecule has 0 amide bonds. The van der Waals surface area contributed by atoms with E-state index in [0.29, 0.717) is 11.5 Å². The summed E-state index contributed by atoms with van der Waals surface area (Å²) in [5.74, 6) is 0.799. The highest BCUT2D eigenvalue weighted by Gasteiger charge is 2.19. The average molecular weight is 222 g/mol.